The van der Waals surface area contributed by atoms with Gasteiger partial charge in [0.25, 0.3) is 11.7 Å². The average Bonchev–Trinajstić information content (AvgIpc) is 3.13. The summed E-state index contributed by atoms with van der Waals surface area (Å²) in [6, 6.07) is 19.8. The molecule has 0 spiro atoms. The van der Waals surface area contributed by atoms with Crippen LogP contribution in [0, 0.1) is 6.92 Å². The number of aliphatic hydroxyl groups is 1. The number of methoxy groups -OCH3 is 1. The van der Waals surface area contributed by atoms with Crippen molar-refractivity contribution in [3.63, 3.8) is 0 Å². The fourth-order valence-electron chi connectivity index (χ4n) is 4.84. The topological polar surface area (TPSA) is 76.1 Å². The van der Waals surface area contributed by atoms with E-state index in [0.29, 0.717) is 29.2 Å². The van der Waals surface area contributed by atoms with Crippen molar-refractivity contribution >= 4 is 17.4 Å². The van der Waals surface area contributed by atoms with Crippen molar-refractivity contribution in [2.24, 2.45) is 0 Å². The molecule has 1 aliphatic heterocycles. The van der Waals surface area contributed by atoms with Crippen LogP contribution in [-0.4, -0.2) is 35.4 Å². The van der Waals surface area contributed by atoms with Gasteiger partial charge in [-0.05, 0) is 60.2 Å². The van der Waals surface area contributed by atoms with Crippen LogP contribution in [0.15, 0.2) is 72.3 Å². The third-order valence-corrected chi connectivity index (χ3v) is 6.92. The van der Waals surface area contributed by atoms with Gasteiger partial charge in [-0.3, -0.25) is 9.59 Å². The predicted molar refractivity (Wildman–Crippen MR) is 148 cm³/mol. The van der Waals surface area contributed by atoms with Crippen LogP contribution in [0.5, 0.6) is 11.5 Å². The maximum absolute atomic E-state index is 13.6. The highest BCUT2D eigenvalue weighted by Crippen LogP contribution is 2.42. The number of nitrogens with zero attached hydrogens (tertiary/aromatic N) is 1. The predicted octanol–water partition coefficient (Wildman–Crippen LogP) is 6.32. The molecule has 4 rings (SSSR count). The minimum atomic E-state index is -0.807. The van der Waals surface area contributed by atoms with Crippen LogP contribution in [0.3, 0.4) is 0 Å². The molecule has 1 fully saturated rings. The Morgan fingerprint density at radius 3 is 2.42 bits per heavy atom. The molecular formula is C32H35NO5. The van der Waals surface area contributed by atoms with E-state index in [4.69, 9.17) is 9.47 Å². The molecule has 3 aromatic rings. The van der Waals surface area contributed by atoms with Gasteiger partial charge in [0.15, 0.2) is 0 Å². The van der Waals surface area contributed by atoms with Gasteiger partial charge in [-0.15, -0.1) is 0 Å². The molecule has 1 saturated heterocycles. The molecule has 0 radical (unpaired) electrons. The van der Waals surface area contributed by atoms with Crippen LogP contribution in [-0.2, 0) is 21.5 Å². The number of amides is 1. The Hall–Kier alpha value is -4.06. The van der Waals surface area contributed by atoms with Gasteiger partial charge in [0, 0.05) is 11.1 Å². The molecule has 1 heterocycles. The molecule has 0 aromatic heterocycles. The lowest BCUT2D eigenvalue weighted by atomic mass is 9.84. The van der Waals surface area contributed by atoms with Crippen LogP contribution in [0.2, 0.25) is 0 Å². The summed E-state index contributed by atoms with van der Waals surface area (Å²) < 4.78 is 11.2. The maximum atomic E-state index is 13.6. The molecule has 6 heteroatoms. The Balaban J connectivity index is 1.93. The molecule has 3 aromatic carbocycles. The maximum Gasteiger partial charge on any atom is 0.295 e. The van der Waals surface area contributed by atoms with Gasteiger partial charge in [-0.1, -0.05) is 63.2 Å². The number of benzene rings is 3. The van der Waals surface area contributed by atoms with Crippen molar-refractivity contribution in [3.05, 3.63) is 100 Å². The molecule has 1 amide bonds. The molecule has 1 aliphatic rings. The second kappa shape index (κ2) is 10.7. The summed E-state index contributed by atoms with van der Waals surface area (Å²) in [5.41, 5.74) is 3.71. The SMILES string of the molecule is CCOc1cccc(C2/C(=C(\O)c3cc(C(C)(C)C)ccc3C)C(=O)C(=O)N2Cc2ccccc2OC)c1. The minimum absolute atomic E-state index is 0.0627. The number of Topliss-reactive ketones (excluding diaryl/α,β-unsaturated/α-hetero) is 1. The monoisotopic (exact) mass is 513 g/mol. The summed E-state index contributed by atoms with van der Waals surface area (Å²) in [5, 5.41) is 11.7. The number of para-hydroxylation sites is 1. The van der Waals surface area contributed by atoms with E-state index >= 15 is 0 Å². The van der Waals surface area contributed by atoms with Crippen LogP contribution in [0.4, 0.5) is 0 Å². The summed E-state index contributed by atoms with van der Waals surface area (Å²) >= 11 is 0. The second-order valence-corrected chi connectivity index (χ2v) is 10.5. The van der Waals surface area contributed by atoms with Crippen molar-refractivity contribution in [2.45, 2.75) is 52.6 Å². The molecule has 38 heavy (non-hydrogen) atoms. The fraction of sp³-hybridized carbons (Fsp3) is 0.312. The highest BCUT2D eigenvalue weighted by Gasteiger charge is 2.46. The molecule has 6 nitrogen and oxygen atoms in total. The summed E-state index contributed by atoms with van der Waals surface area (Å²) in [7, 11) is 1.57. The van der Waals surface area contributed by atoms with Crippen LogP contribution in [0.25, 0.3) is 5.76 Å². The van der Waals surface area contributed by atoms with Gasteiger partial charge in [-0.2, -0.15) is 0 Å². The van der Waals surface area contributed by atoms with E-state index in [-0.39, 0.29) is 23.3 Å². The lowest BCUT2D eigenvalue weighted by molar-refractivity contribution is -0.140. The molecule has 198 valence electrons. The van der Waals surface area contributed by atoms with E-state index in [1.54, 1.807) is 7.11 Å². The van der Waals surface area contributed by atoms with E-state index in [9.17, 15) is 14.7 Å². The average molecular weight is 514 g/mol. The van der Waals surface area contributed by atoms with Crippen molar-refractivity contribution in [1.82, 2.24) is 4.90 Å². The Morgan fingerprint density at radius 1 is 1.00 bits per heavy atom. The molecular weight excluding hydrogens is 478 g/mol. The highest BCUT2D eigenvalue weighted by molar-refractivity contribution is 6.46. The lowest BCUT2D eigenvalue weighted by Gasteiger charge is -2.27. The van der Waals surface area contributed by atoms with Gasteiger partial charge >= 0.3 is 0 Å². The Bertz CT molecular complexity index is 1400. The quantitative estimate of drug-likeness (QED) is 0.227. The number of rotatable bonds is 7. The number of hydrogen-bond acceptors (Lipinski definition) is 5. The van der Waals surface area contributed by atoms with E-state index in [2.05, 4.69) is 20.8 Å². The third kappa shape index (κ3) is 5.17. The minimum Gasteiger partial charge on any atom is -0.507 e. The molecule has 1 unspecified atom stereocenters. The first-order chi connectivity index (χ1) is 18.1. The number of carbonyl (C=O) groups is 2. The molecule has 0 aliphatic carbocycles. The van der Waals surface area contributed by atoms with Crippen molar-refractivity contribution in [1.29, 1.82) is 0 Å². The number of aryl methyl sites for hydroxylation is 1. The zero-order chi connectivity index (χ0) is 27.6. The number of ether oxygens (including phenoxy) is 2. The zero-order valence-electron chi connectivity index (χ0n) is 22.9. The van der Waals surface area contributed by atoms with E-state index in [0.717, 1.165) is 16.7 Å². The summed E-state index contributed by atoms with van der Waals surface area (Å²) in [6.45, 7) is 10.7. The fourth-order valence-corrected chi connectivity index (χ4v) is 4.84. The first-order valence-electron chi connectivity index (χ1n) is 12.8. The van der Waals surface area contributed by atoms with E-state index < -0.39 is 17.7 Å². The smallest absolute Gasteiger partial charge is 0.295 e. The van der Waals surface area contributed by atoms with E-state index in [1.807, 2.05) is 80.6 Å². The number of ketones is 1. The largest absolute Gasteiger partial charge is 0.507 e. The van der Waals surface area contributed by atoms with Gasteiger partial charge < -0.3 is 19.5 Å². The second-order valence-electron chi connectivity index (χ2n) is 10.5. The summed E-state index contributed by atoms with van der Waals surface area (Å²) in [4.78, 5) is 28.6. The Morgan fingerprint density at radius 2 is 1.74 bits per heavy atom. The molecule has 0 saturated carbocycles. The summed E-state index contributed by atoms with van der Waals surface area (Å²) in [6.07, 6.45) is 0. The molecule has 1 N–H and O–H groups in total. The van der Waals surface area contributed by atoms with Crippen molar-refractivity contribution in [2.75, 3.05) is 13.7 Å². The number of likely N-dealkylation sites (tertiary alicyclic amines) is 1. The summed E-state index contributed by atoms with van der Waals surface area (Å²) in [5.74, 6) is -0.330. The highest BCUT2D eigenvalue weighted by atomic mass is 16.5. The standard InChI is InChI=1S/C32H35NO5/c1-7-38-24-13-10-12-21(17-24)28-27(29(34)25-18-23(32(3,4)5)16-15-20(25)2)30(35)31(36)33(28)19-22-11-8-9-14-26(22)37-6/h8-18,28,34H,7,19H2,1-6H3/b29-27+. The van der Waals surface area contributed by atoms with Crippen LogP contribution in [0.1, 0.15) is 61.6 Å². The van der Waals surface area contributed by atoms with E-state index in [1.165, 1.54) is 4.90 Å². The van der Waals surface area contributed by atoms with Crippen LogP contribution >= 0.6 is 0 Å². The van der Waals surface area contributed by atoms with Crippen molar-refractivity contribution < 1.29 is 24.2 Å². The first kappa shape index (κ1) is 27.0. The molecule has 0 bridgehead atoms. The van der Waals surface area contributed by atoms with Gasteiger partial charge in [0.2, 0.25) is 0 Å². The lowest BCUT2D eigenvalue weighted by Crippen LogP contribution is -2.29. The number of aliphatic hydroxyl groups excluding tert-OH is 1. The van der Waals surface area contributed by atoms with Gasteiger partial charge in [0.1, 0.15) is 17.3 Å². The van der Waals surface area contributed by atoms with Gasteiger partial charge in [-0.25, -0.2) is 0 Å². The third-order valence-electron chi connectivity index (χ3n) is 6.92. The van der Waals surface area contributed by atoms with Gasteiger partial charge in [0.05, 0.1) is 31.9 Å². The molecule has 1 atom stereocenters. The number of hydrogen-bond donors (Lipinski definition) is 1. The van der Waals surface area contributed by atoms with Crippen molar-refractivity contribution in [3.8, 4) is 11.5 Å². The normalized spacial score (nSPS) is 17.1. The van der Waals surface area contributed by atoms with Crippen LogP contribution < -0.4 is 9.47 Å². The number of carbonyl (C=O) groups excluding carboxylic acids is 2. The Kier molecular flexibility index (Phi) is 7.63. The Labute approximate surface area is 224 Å². The zero-order valence-corrected chi connectivity index (χ0v) is 22.9. The first-order valence-corrected chi connectivity index (χ1v) is 12.8.